The van der Waals surface area contributed by atoms with Gasteiger partial charge in [0.2, 0.25) is 11.8 Å². The van der Waals surface area contributed by atoms with E-state index < -0.39 is 5.54 Å². The molecular weight excluding hydrogens is 350 g/mol. The van der Waals surface area contributed by atoms with Gasteiger partial charge in [0.1, 0.15) is 5.54 Å². The van der Waals surface area contributed by atoms with Crippen molar-refractivity contribution < 1.29 is 9.59 Å². The average molecular weight is 384 g/mol. The van der Waals surface area contributed by atoms with Crippen molar-refractivity contribution in [1.29, 1.82) is 5.26 Å². The second kappa shape index (κ2) is 6.34. The summed E-state index contributed by atoms with van der Waals surface area (Å²) in [6.07, 6.45) is 10.2. The van der Waals surface area contributed by atoms with Crippen LogP contribution in [-0.4, -0.2) is 23.4 Å². The van der Waals surface area contributed by atoms with Gasteiger partial charge in [0.25, 0.3) is 0 Å². The topological polar surface area (TPSA) is 82.0 Å². The Hall–Kier alpha value is -1.83. The molecule has 1 aliphatic heterocycles. The predicted octanol–water partition coefficient (Wildman–Crippen LogP) is 3.32. The monoisotopic (exact) mass is 383 g/mol. The van der Waals surface area contributed by atoms with Gasteiger partial charge in [0, 0.05) is 17.4 Å². The fraction of sp³-hybridized carbons (Fsp3) is 0.783. The molecular formula is C23H33N3O2. The van der Waals surface area contributed by atoms with Crippen LogP contribution in [0.25, 0.3) is 0 Å². The van der Waals surface area contributed by atoms with Crippen molar-refractivity contribution in [1.82, 2.24) is 10.6 Å². The molecule has 152 valence electrons. The van der Waals surface area contributed by atoms with Crippen LogP contribution in [0.15, 0.2) is 12.2 Å². The summed E-state index contributed by atoms with van der Waals surface area (Å²) in [5.74, 6) is 1.83. The van der Waals surface area contributed by atoms with Crippen molar-refractivity contribution >= 4 is 11.8 Å². The Morgan fingerprint density at radius 3 is 2.68 bits per heavy atom. The third-order valence-corrected chi connectivity index (χ3v) is 8.72. The SMILES string of the molecule is CC(C)(C#N)NC(=O)[C@H]1CC[C@H]2[C@@H]3CC[C@H]4NC(=O)C=C[C@@]4(C)[C@H]3CC[C@@]12C. The van der Waals surface area contributed by atoms with Crippen LogP contribution in [-0.2, 0) is 9.59 Å². The van der Waals surface area contributed by atoms with E-state index in [2.05, 4.69) is 36.6 Å². The van der Waals surface area contributed by atoms with Crippen LogP contribution in [0.5, 0.6) is 0 Å². The molecule has 3 aliphatic carbocycles. The Kier molecular flexibility index (Phi) is 4.41. The van der Waals surface area contributed by atoms with Crippen molar-refractivity contribution in [3.05, 3.63) is 12.2 Å². The maximum Gasteiger partial charge on any atom is 0.243 e. The van der Waals surface area contributed by atoms with Gasteiger partial charge in [-0.3, -0.25) is 9.59 Å². The van der Waals surface area contributed by atoms with Gasteiger partial charge in [-0.25, -0.2) is 0 Å². The van der Waals surface area contributed by atoms with E-state index in [1.165, 1.54) is 0 Å². The molecule has 1 heterocycles. The maximum atomic E-state index is 13.0. The minimum atomic E-state index is -0.820. The molecule has 0 spiro atoms. The molecule has 0 saturated heterocycles. The Morgan fingerprint density at radius 2 is 1.96 bits per heavy atom. The highest BCUT2D eigenvalue weighted by Crippen LogP contribution is 2.65. The zero-order chi connectivity index (χ0) is 20.3. The van der Waals surface area contributed by atoms with E-state index in [0.29, 0.717) is 17.8 Å². The number of amides is 2. The molecule has 0 unspecified atom stereocenters. The van der Waals surface area contributed by atoms with Gasteiger partial charge >= 0.3 is 0 Å². The fourth-order valence-corrected chi connectivity index (χ4v) is 7.19. The second-order valence-electron chi connectivity index (χ2n) is 10.6. The Bertz CT molecular complexity index is 766. The summed E-state index contributed by atoms with van der Waals surface area (Å²) in [5.41, 5.74) is -0.776. The minimum Gasteiger partial charge on any atom is -0.349 e. The van der Waals surface area contributed by atoms with Crippen molar-refractivity contribution in [2.24, 2.45) is 34.5 Å². The number of carbonyl (C=O) groups excluding carboxylic acids is 2. The molecule has 0 aromatic rings. The van der Waals surface area contributed by atoms with E-state index in [9.17, 15) is 14.9 Å². The number of nitriles is 1. The first-order valence-electron chi connectivity index (χ1n) is 10.8. The standard InChI is InChI=1S/C23H33N3O2/c1-21(2,13-24)26-20(28)17-7-6-15-14-5-8-18-23(4,12-10-19(27)25-18)16(14)9-11-22(15,17)3/h10,12,14-18H,5-9,11H2,1-4H3,(H,25,27)(H,26,28)/t14-,15-,16-,17+,18+,22+,23-/m0/s1. The number of fused-ring (bicyclic) bond motifs is 5. The number of nitrogens with zero attached hydrogens (tertiary/aromatic N) is 1. The first-order chi connectivity index (χ1) is 13.1. The Labute approximate surface area is 168 Å². The molecule has 0 radical (unpaired) electrons. The van der Waals surface area contributed by atoms with Crippen LogP contribution in [0.3, 0.4) is 0 Å². The lowest BCUT2D eigenvalue weighted by molar-refractivity contribution is -0.135. The van der Waals surface area contributed by atoms with Gasteiger partial charge in [-0.15, -0.1) is 0 Å². The molecule has 4 aliphatic rings. The summed E-state index contributed by atoms with van der Waals surface area (Å²) in [6.45, 7) is 8.17. The number of nitrogens with one attached hydrogen (secondary N) is 2. The highest BCUT2D eigenvalue weighted by molar-refractivity contribution is 5.89. The fourth-order valence-electron chi connectivity index (χ4n) is 7.19. The largest absolute Gasteiger partial charge is 0.349 e. The first kappa shape index (κ1) is 19.5. The maximum absolute atomic E-state index is 13.0. The van der Waals surface area contributed by atoms with Gasteiger partial charge in [-0.05, 0) is 81.6 Å². The molecule has 3 saturated carbocycles. The molecule has 7 atom stereocenters. The van der Waals surface area contributed by atoms with Crippen LogP contribution >= 0.6 is 0 Å². The van der Waals surface area contributed by atoms with Crippen LogP contribution in [0, 0.1) is 45.8 Å². The number of hydrogen-bond acceptors (Lipinski definition) is 3. The van der Waals surface area contributed by atoms with Crippen LogP contribution in [0.2, 0.25) is 0 Å². The van der Waals surface area contributed by atoms with E-state index >= 15 is 0 Å². The van der Waals surface area contributed by atoms with Crippen molar-refractivity contribution in [2.45, 2.75) is 77.8 Å². The van der Waals surface area contributed by atoms with E-state index in [1.807, 2.05) is 0 Å². The number of carbonyl (C=O) groups is 2. The van der Waals surface area contributed by atoms with E-state index in [1.54, 1.807) is 19.9 Å². The van der Waals surface area contributed by atoms with Gasteiger partial charge in [0.15, 0.2) is 0 Å². The molecule has 5 heteroatoms. The molecule has 0 bridgehead atoms. The Balaban J connectivity index is 1.57. The molecule has 2 amide bonds. The van der Waals surface area contributed by atoms with Crippen LogP contribution < -0.4 is 10.6 Å². The van der Waals surface area contributed by atoms with Gasteiger partial charge in [0.05, 0.1) is 6.07 Å². The summed E-state index contributed by atoms with van der Waals surface area (Å²) < 4.78 is 0. The van der Waals surface area contributed by atoms with E-state index in [4.69, 9.17) is 0 Å². The second-order valence-corrected chi connectivity index (χ2v) is 10.6. The normalized spacial score (nSPS) is 44.5. The zero-order valence-electron chi connectivity index (χ0n) is 17.5. The zero-order valence-corrected chi connectivity index (χ0v) is 17.5. The third-order valence-electron chi connectivity index (χ3n) is 8.72. The number of rotatable bonds is 2. The van der Waals surface area contributed by atoms with Crippen LogP contribution in [0.4, 0.5) is 0 Å². The predicted molar refractivity (Wildman–Crippen MR) is 107 cm³/mol. The summed E-state index contributed by atoms with van der Waals surface area (Å²) in [6, 6.07) is 2.43. The molecule has 4 rings (SSSR count). The highest BCUT2D eigenvalue weighted by atomic mass is 16.2. The van der Waals surface area contributed by atoms with Gasteiger partial charge in [-0.2, -0.15) is 5.26 Å². The molecule has 0 aromatic carbocycles. The van der Waals surface area contributed by atoms with Gasteiger partial charge in [-0.1, -0.05) is 19.9 Å². The molecule has 2 N–H and O–H groups in total. The van der Waals surface area contributed by atoms with E-state index in [0.717, 1.165) is 38.5 Å². The molecule has 0 aromatic heterocycles. The molecule has 28 heavy (non-hydrogen) atoms. The summed E-state index contributed by atoms with van der Waals surface area (Å²) in [5, 5.41) is 15.5. The molecule has 5 nitrogen and oxygen atoms in total. The van der Waals surface area contributed by atoms with E-state index in [-0.39, 0.29) is 34.6 Å². The minimum absolute atomic E-state index is 0.00166. The first-order valence-corrected chi connectivity index (χ1v) is 10.8. The lowest BCUT2D eigenvalue weighted by Gasteiger charge is -2.58. The highest BCUT2D eigenvalue weighted by Gasteiger charge is 2.61. The summed E-state index contributed by atoms with van der Waals surface area (Å²) in [7, 11) is 0. The summed E-state index contributed by atoms with van der Waals surface area (Å²) >= 11 is 0. The summed E-state index contributed by atoms with van der Waals surface area (Å²) in [4.78, 5) is 24.9. The Morgan fingerprint density at radius 1 is 1.21 bits per heavy atom. The van der Waals surface area contributed by atoms with Crippen molar-refractivity contribution in [3.8, 4) is 6.07 Å². The van der Waals surface area contributed by atoms with Gasteiger partial charge < -0.3 is 10.6 Å². The number of hydrogen-bond donors (Lipinski definition) is 2. The average Bonchev–Trinajstić information content (AvgIpc) is 2.99. The lowest BCUT2D eigenvalue weighted by Crippen LogP contribution is -2.59. The molecule has 3 fully saturated rings. The quantitative estimate of drug-likeness (QED) is 0.767. The van der Waals surface area contributed by atoms with Crippen molar-refractivity contribution in [2.75, 3.05) is 0 Å². The smallest absolute Gasteiger partial charge is 0.243 e. The lowest BCUT2D eigenvalue weighted by atomic mass is 9.48. The third kappa shape index (κ3) is 2.79. The van der Waals surface area contributed by atoms with Crippen LogP contribution in [0.1, 0.15) is 66.2 Å². The van der Waals surface area contributed by atoms with Crippen molar-refractivity contribution in [3.63, 3.8) is 0 Å².